The van der Waals surface area contributed by atoms with E-state index in [0.29, 0.717) is 17.2 Å². The topological polar surface area (TPSA) is 97.9 Å². The Kier molecular flexibility index (Phi) is 8.64. The number of methoxy groups -OCH3 is 3. The third-order valence-corrected chi connectivity index (χ3v) is 4.11. The van der Waals surface area contributed by atoms with Gasteiger partial charge < -0.3 is 14.2 Å². The van der Waals surface area contributed by atoms with Gasteiger partial charge in [-0.15, -0.1) is 0 Å². The fourth-order valence-corrected chi connectivity index (χ4v) is 2.56. The number of hydrazine groups is 1. The van der Waals surface area contributed by atoms with Crippen LogP contribution in [0, 0.1) is 0 Å². The summed E-state index contributed by atoms with van der Waals surface area (Å²) in [6.07, 6.45) is 3.06. The van der Waals surface area contributed by atoms with Crippen molar-refractivity contribution in [3.63, 3.8) is 0 Å². The number of amides is 2. The second-order valence-electron chi connectivity index (χ2n) is 5.96. The van der Waals surface area contributed by atoms with Crippen LogP contribution in [0.4, 0.5) is 0 Å². The third-order valence-electron chi connectivity index (χ3n) is 3.91. The van der Waals surface area contributed by atoms with Crippen molar-refractivity contribution < 1.29 is 23.8 Å². The van der Waals surface area contributed by atoms with Gasteiger partial charge >= 0.3 is 0 Å². The van der Waals surface area contributed by atoms with Crippen LogP contribution in [0.2, 0.25) is 0 Å². The predicted octanol–water partition coefficient (Wildman–Crippen LogP) is 1.99. The van der Waals surface area contributed by atoms with Crippen LogP contribution in [0.5, 0.6) is 17.2 Å². The Morgan fingerprint density at radius 3 is 2.27 bits per heavy atom. The number of thiocarbonyl (C=S) groups is 1. The van der Waals surface area contributed by atoms with Crippen molar-refractivity contribution in [1.82, 2.24) is 16.2 Å². The Labute approximate surface area is 180 Å². The molecule has 0 aliphatic carbocycles. The summed E-state index contributed by atoms with van der Waals surface area (Å²) in [5, 5.41) is 2.42. The summed E-state index contributed by atoms with van der Waals surface area (Å²) >= 11 is 5.00. The van der Waals surface area contributed by atoms with Gasteiger partial charge in [0.1, 0.15) is 5.75 Å². The van der Waals surface area contributed by atoms with Gasteiger partial charge in [-0.1, -0.05) is 18.2 Å². The summed E-state index contributed by atoms with van der Waals surface area (Å²) in [5.74, 6) is 1.10. The molecule has 0 aliphatic rings. The Balaban J connectivity index is 1.79. The number of carbonyl (C=O) groups excluding carboxylic acids is 2. The van der Waals surface area contributed by atoms with Gasteiger partial charge in [-0.25, -0.2) is 0 Å². The number of carbonyl (C=O) groups is 2. The highest BCUT2D eigenvalue weighted by Crippen LogP contribution is 2.27. The first kappa shape index (κ1) is 22.7. The van der Waals surface area contributed by atoms with Crippen molar-refractivity contribution in [3.05, 3.63) is 59.7 Å². The normalized spacial score (nSPS) is 10.2. The average Bonchev–Trinajstić information content (AvgIpc) is 2.76. The number of ether oxygens (including phenoxy) is 3. The lowest BCUT2D eigenvalue weighted by molar-refractivity contribution is -0.121. The number of benzene rings is 2. The van der Waals surface area contributed by atoms with Crippen LogP contribution < -0.4 is 30.4 Å². The van der Waals surface area contributed by atoms with Gasteiger partial charge in [-0.2, -0.15) is 0 Å². The summed E-state index contributed by atoms with van der Waals surface area (Å²) in [4.78, 5) is 24.0. The molecule has 0 saturated heterocycles. The molecule has 0 aliphatic heterocycles. The summed E-state index contributed by atoms with van der Waals surface area (Å²) in [7, 11) is 4.65. The van der Waals surface area contributed by atoms with Gasteiger partial charge in [0.2, 0.25) is 11.8 Å². The molecule has 0 atom stereocenters. The first-order valence-electron chi connectivity index (χ1n) is 8.88. The van der Waals surface area contributed by atoms with Crippen LogP contribution in [0.3, 0.4) is 0 Å². The first-order valence-corrected chi connectivity index (χ1v) is 9.28. The van der Waals surface area contributed by atoms with Crippen molar-refractivity contribution in [1.29, 1.82) is 0 Å². The van der Waals surface area contributed by atoms with E-state index >= 15 is 0 Å². The molecule has 2 rings (SSSR count). The van der Waals surface area contributed by atoms with Crippen LogP contribution in [-0.4, -0.2) is 38.3 Å². The van der Waals surface area contributed by atoms with E-state index in [-0.39, 0.29) is 17.4 Å². The van der Waals surface area contributed by atoms with Crippen molar-refractivity contribution in [2.45, 2.75) is 6.42 Å². The van der Waals surface area contributed by atoms with Gasteiger partial charge in [-0.3, -0.25) is 25.8 Å². The molecule has 0 fully saturated rings. The van der Waals surface area contributed by atoms with Crippen molar-refractivity contribution in [2.75, 3.05) is 21.3 Å². The van der Waals surface area contributed by atoms with Crippen LogP contribution in [0.15, 0.2) is 48.5 Å². The molecule has 0 spiro atoms. The highest BCUT2D eigenvalue weighted by atomic mass is 32.1. The first-order chi connectivity index (χ1) is 14.4. The summed E-state index contributed by atoms with van der Waals surface area (Å²) in [6.45, 7) is 0. The third kappa shape index (κ3) is 7.10. The molecule has 0 heterocycles. The lowest BCUT2D eigenvalue weighted by Crippen LogP contribution is -2.48. The van der Waals surface area contributed by atoms with E-state index in [4.69, 9.17) is 26.4 Å². The molecule has 0 radical (unpaired) electrons. The van der Waals surface area contributed by atoms with E-state index in [2.05, 4.69) is 16.2 Å². The monoisotopic (exact) mass is 429 g/mol. The zero-order valence-corrected chi connectivity index (χ0v) is 17.7. The molecular formula is C21H23N3O5S. The van der Waals surface area contributed by atoms with E-state index in [1.807, 2.05) is 0 Å². The molecule has 0 bridgehead atoms. The number of hydrogen-bond acceptors (Lipinski definition) is 6. The van der Waals surface area contributed by atoms with Gasteiger partial charge in [0.25, 0.3) is 0 Å². The molecule has 0 saturated carbocycles. The van der Waals surface area contributed by atoms with E-state index in [1.54, 1.807) is 62.8 Å². The van der Waals surface area contributed by atoms with Crippen LogP contribution in [-0.2, 0) is 16.0 Å². The van der Waals surface area contributed by atoms with Crippen LogP contribution in [0.1, 0.15) is 11.1 Å². The minimum atomic E-state index is -0.452. The maximum absolute atomic E-state index is 12.0. The smallest absolute Gasteiger partial charge is 0.250 e. The lowest BCUT2D eigenvalue weighted by atomic mass is 10.1. The molecular weight excluding hydrogens is 406 g/mol. The second-order valence-corrected chi connectivity index (χ2v) is 6.37. The Bertz CT molecular complexity index is 929. The fraction of sp³-hybridized carbons (Fsp3) is 0.190. The van der Waals surface area contributed by atoms with Gasteiger partial charge in [0, 0.05) is 6.08 Å². The molecule has 158 valence electrons. The zero-order chi connectivity index (χ0) is 21.9. The largest absolute Gasteiger partial charge is 0.497 e. The van der Waals surface area contributed by atoms with E-state index < -0.39 is 5.91 Å². The van der Waals surface area contributed by atoms with E-state index in [0.717, 1.165) is 11.1 Å². The minimum Gasteiger partial charge on any atom is -0.497 e. The predicted molar refractivity (Wildman–Crippen MR) is 117 cm³/mol. The maximum Gasteiger partial charge on any atom is 0.250 e. The number of nitrogens with one attached hydrogen (secondary N) is 3. The quantitative estimate of drug-likeness (QED) is 0.352. The molecule has 9 heteroatoms. The molecule has 2 aromatic rings. The maximum atomic E-state index is 12.0. The fourth-order valence-electron chi connectivity index (χ4n) is 2.41. The molecule has 0 unspecified atom stereocenters. The van der Waals surface area contributed by atoms with E-state index in [1.165, 1.54) is 13.2 Å². The highest BCUT2D eigenvalue weighted by Gasteiger charge is 2.06. The standard InChI is InChI=1S/C21H23N3O5S/c1-27-16-8-4-15(5-9-16)13-20(26)23-24-21(30)22-19(25)11-7-14-6-10-17(28-2)18(12-14)29-3/h4-12H,13H2,1-3H3,(H,23,26)(H2,22,24,25,30). The van der Waals surface area contributed by atoms with Crippen molar-refractivity contribution in [3.8, 4) is 17.2 Å². The lowest BCUT2D eigenvalue weighted by Gasteiger charge is -2.10. The van der Waals surface area contributed by atoms with Crippen molar-refractivity contribution >= 4 is 35.2 Å². The van der Waals surface area contributed by atoms with E-state index in [9.17, 15) is 9.59 Å². The van der Waals surface area contributed by atoms with Gasteiger partial charge in [-0.05, 0) is 53.7 Å². The van der Waals surface area contributed by atoms with Gasteiger partial charge in [0.15, 0.2) is 16.6 Å². The highest BCUT2D eigenvalue weighted by molar-refractivity contribution is 7.80. The summed E-state index contributed by atoms with van der Waals surface area (Å²) < 4.78 is 15.5. The molecule has 2 amide bonds. The molecule has 3 N–H and O–H groups in total. The Hall–Kier alpha value is -3.59. The number of hydrogen-bond donors (Lipinski definition) is 3. The van der Waals surface area contributed by atoms with Crippen molar-refractivity contribution in [2.24, 2.45) is 0 Å². The molecule has 30 heavy (non-hydrogen) atoms. The molecule has 2 aromatic carbocycles. The second kappa shape index (κ2) is 11.4. The SMILES string of the molecule is COc1ccc(CC(=O)NNC(=S)NC(=O)C=Cc2ccc(OC)c(OC)c2)cc1. The van der Waals surface area contributed by atoms with Crippen LogP contribution >= 0.6 is 12.2 Å². The van der Waals surface area contributed by atoms with Gasteiger partial charge in [0.05, 0.1) is 27.8 Å². The zero-order valence-electron chi connectivity index (χ0n) is 16.9. The summed E-state index contributed by atoms with van der Waals surface area (Å²) in [6, 6.07) is 12.4. The van der Waals surface area contributed by atoms with Crippen LogP contribution in [0.25, 0.3) is 6.08 Å². The number of rotatable bonds is 7. The average molecular weight is 429 g/mol. The molecule has 8 nitrogen and oxygen atoms in total. The summed E-state index contributed by atoms with van der Waals surface area (Å²) in [5.41, 5.74) is 6.48. The minimum absolute atomic E-state index is 0.0277. The Morgan fingerprint density at radius 2 is 1.63 bits per heavy atom. The molecule has 0 aromatic heterocycles. The Morgan fingerprint density at radius 1 is 0.933 bits per heavy atom.